The molecule has 0 aliphatic rings. The van der Waals surface area contributed by atoms with Gasteiger partial charge in [0.25, 0.3) is 0 Å². The van der Waals surface area contributed by atoms with Crippen LogP contribution in [0, 0.1) is 0 Å². The Hall–Kier alpha value is -1.55. The number of hydrazone groups is 1. The number of ketones is 1. The first-order valence-corrected chi connectivity index (χ1v) is 5.16. The molecule has 1 N–H and O–H groups in total. The maximum Gasteiger partial charge on any atom is 0.196 e. The number of likely N-dealkylation sites (N-methyl/N-ethyl adjacent to an activating group) is 1. The molecule has 5 heteroatoms. The molecule has 1 rings (SSSR count). The van der Waals surface area contributed by atoms with Crippen molar-refractivity contribution in [1.82, 2.24) is 4.90 Å². The SMILES string of the molecule is CC(=O)/C(=N\Nc1ccc(Cl)cc1)N(C)C. The van der Waals surface area contributed by atoms with Gasteiger partial charge in [-0.3, -0.25) is 10.2 Å². The second-order valence-electron chi connectivity index (χ2n) is 3.50. The normalized spacial score (nSPS) is 11.1. The lowest BCUT2D eigenvalue weighted by atomic mass is 10.3. The van der Waals surface area contributed by atoms with Crippen molar-refractivity contribution >= 4 is 28.9 Å². The summed E-state index contributed by atoms with van der Waals surface area (Å²) in [5.74, 6) is 0.279. The first-order valence-electron chi connectivity index (χ1n) is 4.78. The number of carbonyl (C=O) groups is 1. The Morgan fingerprint density at radius 2 is 1.88 bits per heavy atom. The molecule has 0 atom stereocenters. The van der Waals surface area contributed by atoms with E-state index in [1.165, 1.54) is 6.92 Å². The molecule has 0 saturated carbocycles. The number of anilines is 1. The molecule has 86 valence electrons. The summed E-state index contributed by atoms with van der Waals surface area (Å²) in [6.45, 7) is 1.47. The number of Topliss-reactive ketones (excluding diaryl/α,β-unsaturated/α-hetero) is 1. The fourth-order valence-electron chi connectivity index (χ4n) is 1.14. The second kappa shape index (κ2) is 5.51. The van der Waals surface area contributed by atoms with Crippen LogP contribution < -0.4 is 5.43 Å². The fraction of sp³-hybridized carbons (Fsp3) is 0.273. The average molecular weight is 240 g/mol. The van der Waals surface area contributed by atoms with Crippen LogP contribution >= 0.6 is 11.6 Å². The molecule has 1 aromatic carbocycles. The van der Waals surface area contributed by atoms with Crippen molar-refractivity contribution in [3.05, 3.63) is 29.3 Å². The van der Waals surface area contributed by atoms with E-state index in [2.05, 4.69) is 10.5 Å². The molecule has 0 fully saturated rings. The predicted octanol–water partition coefficient (Wildman–Crippen LogP) is 2.22. The Balaban J connectivity index is 2.77. The molecule has 0 bridgehead atoms. The van der Waals surface area contributed by atoms with Gasteiger partial charge in [-0.15, -0.1) is 0 Å². The summed E-state index contributed by atoms with van der Waals surface area (Å²) in [6, 6.07) is 7.09. The first kappa shape index (κ1) is 12.5. The van der Waals surface area contributed by atoms with E-state index in [1.54, 1.807) is 43.3 Å². The Bertz CT molecular complexity index is 398. The minimum atomic E-state index is -0.0912. The standard InChI is InChI=1S/C11H14ClN3O/c1-8(16)11(15(2)3)14-13-10-6-4-9(12)5-7-10/h4-7,13H,1-3H3/b14-11+. The molecular weight excluding hydrogens is 226 g/mol. The van der Waals surface area contributed by atoms with E-state index >= 15 is 0 Å². The van der Waals surface area contributed by atoms with Gasteiger partial charge in [0.15, 0.2) is 11.6 Å². The molecule has 1 aromatic rings. The van der Waals surface area contributed by atoms with Crippen LogP contribution in [-0.4, -0.2) is 30.6 Å². The Morgan fingerprint density at radius 1 is 1.31 bits per heavy atom. The van der Waals surface area contributed by atoms with Crippen molar-refractivity contribution in [2.45, 2.75) is 6.92 Å². The van der Waals surface area contributed by atoms with Gasteiger partial charge in [-0.1, -0.05) is 11.6 Å². The predicted molar refractivity (Wildman–Crippen MR) is 66.9 cm³/mol. The minimum Gasteiger partial charge on any atom is -0.358 e. The monoisotopic (exact) mass is 239 g/mol. The van der Waals surface area contributed by atoms with E-state index in [4.69, 9.17) is 11.6 Å². The Labute approximate surface area is 99.9 Å². The highest BCUT2D eigenvalue weighted by molar-refractivity contribution is 6.37. The third-order valence-electron chi connectivity index (χ3n) is 1.87. The largest absolute Gasteiger partial charge is 0.358 e. The molecule has 0 radical (unpaired) electrons. The quantitative estimate of drug-likeness (QED) is 0.500. The lowest BCUT2D eigenvalue weighted by molar-refractivity contribution is -0.111. The molecule has 16 heavy (non-hydrogen) atoms. The van der Waals surface area contributed by atoms with Gasteiger partial charge in [0.1, 0.15) is 0 Å². The second-order valence-corrected chi connectivity index (χ2v) is 3.94. The van der Waals surface area contributed by atoms with Crippen molar-refractivity contribution in [2.75, 3.05) is 19.5 Å². The summed E-state index contributed by atoms with van der Waals surface area (Å²) in [6.07, 6.45) is 0. The van der Waals surface area contributed by atoms with Gasteiger partial charge in [0, 0.05) is 26.0 Å². The van der Waals surface area contributed by atoms with Crippen molar-refractivity contribution < 1.29 is 4.79 Å². The van der Waals surface area contributed by atoms with Crippen LogP contribution in [0.25, 0.3) is 0 Å². The van der Waals surface area contributed by atoms with Gasteiger partial charge < -0.3 is 4.90 Å². The summed E-state index contributed by atoms with van der Waals surface area (Å²) in [7, 11) is 3.54. The topological polar surface area (TPSA) is 44.7 Å². The van der Waals surface area contributed by atoms with Crippen molar-refractivity contribution in [3.63, 3.8) is 0 Å². The molecule has 4 nitrogen and oxygen atoms in total. The molecule has 0 amide bonds. The van der Waals surface area contributed by atoms with Crippen LogP contribution in [0.5, 0.6) is 0 Å². The van der Waals surface area contributed by atoms with Gasteiger partial charge in [0.05, 0.1) is 5.69 Å². The number of hydrogen-bond donors (Lipinski definition) is 1. The number of rotatable bonds is 3. The number of halogens is 1. The van der Waals surface area contributed by atoms with Crippen LogP contribution in [0.3, 0.4) is 0 Å². The van der Waals surface area contributed by atoms with Crippen LogP contribution in [0.4, 0.5) is 5.69 Å². The lowest BCUT2D eigenvalue weighted by Gasteiger charge is -2.12. The molecule has 0 aliphatic carbocycles. The Kier molecular flexibility index (Phi) is 4.31. The van der Waals surface area contributed by atoms with Gasteiger partial charge >= 0.3 is 0 Å². The third kappa shape index (κ3) is 3.55. The highest BCUT2D eigenvalue weighted by Crippen LogP contribution is 2.13. The molecule has 0 saturated heterocycles. The lowest BCUT2D eigenvalue weighted by Crippen LogP contribution is -2.29. The molecule has 0 aliphatic heterocycles. The van der Waals surface area contributed by atoms with Crippen LogP contribution in [0.15, 0.2) is 29.4 Å². The van der Waals surface area contributed by atoms with Gasteiger partial charge in [-0.25, -0.2) is 0 Å². The molecule has 0 heterocycles. The molecule has 0 spiro atoms. The summed E-state index contributed by atoms with van der Waals surface area (Å²) in [4.78, 5) is 12.9. The average Bonchev–Trinajstić information content (AvgIpc) is 2.20. The number of hydrogen-bond acceptors (Lipinski definition) is 3. The highest BCUT2D eigenvalue weighted by Gasteiger charge is 2.07. The number of amidine groups is 1. The Morgan fingerprint density at radius 3 is 2.31 bits per heavy atom. The fourth-order valence-corrected chi connectivity index (χ4v) is 1.26. The van der Waals surface area contributed by atoms with Crippen LogP contribution in [0.1, 0.15) is 6.92 Å². The van der Waals surface area contributed by atoms with Gasteiger partial charge in [0.2, 0.25) is 0 Å². The maximum atomic E-state index is 11.2. The summed E-state index contributed by atoms with van der Waals surface area (Å²) in [5, 5.41) is 4.68. The smallest absolute Gasteiger partial charge is 0.196 e. The number of nitrogens with one attached hydrogen (secondary N) is 1. The van der Waals surface area contributed by atoms with Crippen LogP contribution in [0.2, 0.25) is 5.02 Å². The third-order valence-corrected chi connectivity index (χ3v) is 2.13. The minimum absolute atomic E-state index is 0.0912. The summed E-state index contributed by atoms with van der Waals surface area (Å²) >= 11 is 5.75. The zero-order valence-electron chi connectivity index (χ0n) is 9.49. The number of carbonyl (C=O) groups excluding carboxylic acids is 1. The summed E-state index contributed by atoms with van der Waals surface area (Å²) < 4.78 is 0. The van der Waals surface area contributed by atoms with Crippen LogP contribution in [-0.2, 0) is 4.79 Å². The maximum absolute atomic E-state index is 11.2. The first-order chi connectivity index (χ1) is 7.50. The van der Waals surface area contributed by atoms with Gasteiger partial charge in [-0.2, -0.15) is 5.10 Å². The van der Waals surface area contributed by atoms with Crippen molar-refractivity contribution in [1.29, 1.82) is 0 Å². The van der Waals surface area contributed by atoms with E-state index in [0.717, 1.165) is 5.69 Å². The van der Waals surface area contributed by atoms with E-state index in [-0.39, 0.29) is 5.78 Å². The van der Waals surface area contributed by atoms with Gasteiger partial charge in [-0.05, 0) is 24.3 Å². The van der Waals surface area contributed by atoms with Crippen molar-refractivity contribution in [2.24, 2.45) is 5.10 Å². The van der Waals surface area contributed by atoms with Crippen molar-refractivity contribution in [3.8, 4) is 0 Å². The number of nitrogens with zero attached hydrogens (tertiary/aromatic N) is 2. The zero-order valence-corrected chi connectivity index (χ0v) is 10.2. The van der Waals surface area contributed by atoms with E-state index in [0.29, 0.717) is 10.9 Å². The molecule has 0 unspecified atom stereocenters. The van der Waals surface area contributed by atoms with E-state index in [9.17, 15) is 4.79 Å². The van der Waals surface area contributed by atoms with E-state index < -0.39 is 0 Å². The zero-order chi connectivity index (χ0) is 12.1. The summed E-state index contributed by atoms with van der Waals surface area (Å²) in [5.41, 5.74) is 3.58. The number of benzene rings is 1. The molecular formula is C11H14ClN3O. The molecule has 0 aromatic heterocycles. The van der Waals surface area contributed by atoms with E-state index in [1.807, 2.05) is 0 Å². The highest BCUT2D eigenvalue weighted by atomic mass is 35.5.